The van der Waals surface area contributed by atoms with Crippen LogP contribution in [0.4, 0.5) is 0 Å². The van der Waals surface area contributed by atoms with Gasteiger partial charge in [-0.15, -0.1) is 24.0 Å². The topological polar surface area (TPSA) is 3.88 Å². The van der Waals surface area contributed by atoms with Gasteiger partial charge in [-0.2, -0.15) is 4.57 Å². The van der Waals surface area contributed by atoms with Crippen molar-refractivity contribution in [2.45, 2.75) is 32.7 Å². The molecule has 0 bridgehead atoms. The van der Waals surface area contributed by atoms with E-state index in [-0.39, 0.29) is 24.0 Å². The number of alkyl halides is 1. The van der Waals surface area contributed by atoms with Crippen LogP contribution in [0.15, 0.2) is 24.3 Å². The van der Waals surface area contributed by atoms with Crippen molar-refractivity contribution >= 4 is 68.1 Å². The Bertz CT molecular complexity index is 467. The lowest BCUT2D eigenvalue weighted by Crippen LogP contribution is -2.34. The van der Waals surface area contributed by atoms with Crippen LogP contribution in [0.1, 0.15) is 24.3 Å². The fourth-order valence-electron chi connectivity index (χ4n) is 1.97. The molecule has 0 amide bonds. The largest absolute Gasteiger partial charge is 0.235 e. The lowest BCUT2D eigenvalue weighted by molar-refractivity contribution is -0.673. The second-order valence-corrected chi connectivity index (χ2v) is 6.30. The molecule has 0 saturated carbocycles. The second kappa shape index (κ2) is 7.89. The standard InChI is InChI=1S/C13H17INS.HI/c1-11-15(10-6-2-5-9-14)12-7-3-4-8-13(12)16-11;/h3-4,7-8H,2,5-6,9-10H2,1H3;1H/q+1;. The van der Waals surface area contributed by atoms with Crippen LogP contribution < -0.4 is 4.57 Å². The number of aryl methyl sites for hydroxylation is 2. The number of fused-ring (bicyclic) bond motifs is 1. The number of benzene rings is 1. The summed E-state index contributed by atoms with van der Waals surface area (Å²) < 4.78 is 5.16. The number of aromatic nitrogens is 1. The molecule has 4 heteroatoms. The van der Waals surface area contributed by atoms with E-state index in [4.69, 9.17) is 0 Å². The minimum Gasteiger partial charge on any atom is -0.186 e. The molecule has 1 heterocycles. The zero-order chi connectivity index (χ0) is 11.4. The second-order valence-electron chi connectivity index (χ2n) is 3.99. The molecule has 0 fully saturated rings. The van der Waals surface area contributed by atoms with Crippen LogP contribution >= 0.6 is 57.9 Å². The number of thiazole rings is 1. The molecular weight excluding hydrogens is 456 g/mol. The van der Waals surface area contributed by atoms with Crippen LogP contribution in [0.25, 0.3) is 10.2 Å². The van der Waals surface area contributed by atoms with E-state index >= 15 is 0 Å². The molecule has 0 saturated heterocycles. The lowest BCUT2D eigenvalue weighted by Gasteiger charge is -1.96. The molecule has 0 atom stereocenters. The summed E-state index contributed by atoms with van der Waals surface area (Å²) >= 11 is 4.36. The first kappa shape index (κ1) is 15.6. The number of unbranched alkanes of at least 4 members (excludes halogenated alkanes) is 2. The van der Waals surface area contributed by atoms with Gasteiger partial charge >= 0.3 is 0 Å². The predicted molar refractivity (Wildman–Crippen MR) is 94.9 cm³/mol. The SMILES string of the molecule is Cc1sc2ccccc2[n+]1CCCCCI.I. The Hall–Kier alpha value is 0.570. The molecule has 1 aromatic heterocycles. The predicted octanol–water partition coefficient (Wildman–Crippen LogP) is 4.72. The van der Waals surface area contributed by atoms with E-state index in [0.717, 1.165) is 0 Å². The van der Waals surface area contributed by atoms with Crippen LogP contribution in [0, 0.1) is 6.92 Å². The Morgan fingerprint density at radius 1 is 1.18 bits per heavy atom. The maximum absolute atomic E-state index is 2.47. The third-order valence-corrected chi connectivity index (χ3v) is 4.65. The number of hydrogen-bond donors (Lipinski definition) is 0. The molecule has 1 nitrogen and oxygen atoms in total. The van der Waals surface area contributed by atoms with Gasteiger partial charge in [0.25, 0.3) is 0 Å². The summed E-state index contributed by atoms with van der Waals surface area (Å²) in [7, 11) is 0. The third kappa shape index (κ3) is 4.02. The molecular formula is C13H18I2NS+. The number of rotatable bonds is 5. The number of nitrogens with zero attached hydrogens (tertiary/aromatic N) is 1. The molecule has 0 N–H and O–H groups in total. The monoisotopic (exact) mass is 474 g/mol. The van der Waals surface area contributed by atoms with E-state index < -0.39 is 0 Å². The normalized spacial score (nSPS) is 10.5. The van der Waals surface area contributed by atoms with E-state index in [1.807, 2.05) is 11.3 Å². The van der Waals surface area contributed by atoms with Crippen molar-refractivity contribution in [3.63, 3.8) is 0 Å². The Morgan fingerprint density at radius 3 is 2.71 bits per heavy atom. The number of halogens is 2. The molecule has 0 unspecified atom stereocenters. The van der Waals surface area contributed by atoms with Gasteiger partial charge in [-0.1, -0.05) is 46.1 Å². The van der Waals surface area contributed by atoms with Gasteiger partial charge in [0.2, 0.25) is 10.5 Å². The van der Waals surface area contributed by atoms with Crippen molar-refractivity contribution in [3.8, 4) is 0 Å². The highest BCUT2D eigenvalue weighted by molar-refractivity contribution is 14.1. The van der Waals surface area contributed by atoms with Crippen LogP contribution in [0.3, 0.4) is 0 Å². The molecule has 0 aliphatic carbocycles. The molecule has 94 valence electrons. The van der Waals surface area contributed by atoms with Gasteiger partial charge in [-0.3, -0.25) is 0 Å². The highest BCUT2D eigenvalue weighted by Gasteiger charge is 2.15. The van der Waals surface area contributed by atoms with Crippen LogP contribution in [0.2, 0.25) is 0 Å². The van der Waals surface area contributed by atoms with Crippen molar-refractivity contribution in [2.24, 2.45) is 0 Å². The fraction of sp³-hybridized carbons (Fsp3) is 0.462. The highest BCUT2D eigenvalue weighted by Crippen LogP contribution is 2.19. The molecule has 2 rings (SSSR count). The average Bonchev–Trinajstić information content (AvgIpc) is 2.61. The number of hydrogen-bond acceptors (Lipinski definition) is 1. The van der Waals surface area contributed by atoms with Crippen molar-refractivity contribution in [3.05, 3.63) is 29.3 Å². The Kier molecular flexibility index (Phi) is 7.25. The molecule has 1 aromatic carbocycles. The van der Waals surface area contributed by atoms with Gasteiger partial charge in [-0.25, -0.2) is 0 Å². The van der Waals surface area contributed by atoms with E-state index in [1.54, 1.807) is 0 Å². The van der Waals surface area contributed by atoms with Gasteiger partial charge in [0.05, 0.1) is 0 Å². The van der Waals surface area contributed by atoms with Crippen molar-refractivity contribution < 1.29 is 4.57 Å². The summed E-state index contributed by atoms with van der Waals surface area (Å²) in [6.07, 6.45) is 4.00. The molecule has 0 radical (unpaired) electrons. The minimum absolute atomic E-state index is 0. The molecule has 0 aliphatic rings. The van der Waals surface area contributed by atoms with E-state index in [1.165, 1.54) is 45.5 Å². The van der Waals surface area contributed by atoms with Crippen molar-refractivity contribution in [1.82, 2.24) is 0 Å². The summed E-state index contributed by atoms with van der Waals surface area (Å²) in [4.78, 5) is 0. The van der Waals surface area contributed by atoms with E-state index in [2.05, 4.69) is 58.3 Å². The quantitative estimate of drug-likeness (QED) is 0.256. The van der Waals surface area contributed by atoms with Gasteiger partial charge < -0.3 is 0 Å². The first-order valence-electron chi connectivity index (χ1n) is 5.77. The van der Waals surface area contributed by atoms with Gasteiger partial charge in [0.15, 0.2) is 0 Å². The van der Waals surface area contributed by atoms with Crippen molar-refractivity contribution in [2.75, 3.05) is 4.43 Å². The third-order valence-electron chi connectivity index (χ3n) is 2.81. The Morgan fingerprint density at radius 2 is 1.94 bits per heavy atom. The minimum atomic E-state index is 0. The maximum atomic E-state index is 2.47. The zero-order valence-corrected chi connectivity index (χ0v) is 15.3. The van der Waals surface area contributed by atoms with Crippen LogP contribution in [-0.4, -0.2) is 4.43 Å². The Labute approximate surface area is 138 Å². The summed E-state index contributed by atoms with van der Waals surface area (Å²) in [5, 5.41) is 1.43. The summed E-state index contributed by atoms with van der Waals surface area (Å²) in [5.74, 6) is 0. The maximum Gasteiger partial charge on any atom is 0.235 e. The van der Waals surface area contributed by atoms with E-state index in [9.17, 15) is 0 Å². The smallest absolute Gasteiger partial charge is 0.186 e. The summed E-state index contributed by atoms with van der Waals surface area (Å²) in [6, 6.07) is 8.71. The lowest BCUT2D eigenvalue weighted by atomic mass is 10.2. The van der Waals surface area contributed by atoms with Crippen LogP contribution in [0.5, 0.6) is 0 Å². The molecule has 17 heavy (non-hydrogen) atoms. The van der Waals surface area contributed by atoms with Gasteiger partial charge in [-0.05, 0) is 23.3 Å². The average molecular weight is 474 g/mol. The van der Waals surface area contributed by atoms with Gasteiger partial charge in [0, 0.05) is 19.4 Å². The van der Waals surface area contributed by atoms with E-state index in [0.29, 0.717) is 0 Å². The molecule has 2 aromatic rings. The van der Waals surface area contributed by atoms with Gasteiger partial charge in [0.1, 0.15) is 11.2 Å². The van der Waals surface area contributed by atoms with Crippen LogP contribution in [-0.2, 0) is 6.54 Å². The zero-order valence-electron chi connectivity index (χ0n) is 9.99. The number of para-hydroxylation sites is 1. The van der Waals surface area contributed by atoms with Crippen molar-refractivity contribution in [1.29, 1.82) is 0 Å². The molecule has 0 aliphatic heterocycles. The first-order valence-corrected chi connectivity index (χ1v) is 8.11. The highest BCUT2D eigenvalue weighted by atomic mass is 127. The summed E-state index contributed by atoms with van der Waals surface area (Å²) in [6.45, 7) is 3.40. The fourth-order valence-corrected chi connectivity index (χ4v) is 3.56. The summed E-state index contributed by atoms with van der Waals surface area (Å²) in [5.41, 5.74) is 1.40. The first-order chi connectivity index (χ1) is 7.83. The molecule has 0 spiro atoms. The Balaban J connectivity index is 0.00000144.